The molecular formula is C24H36O2. The Morgan fingerprint density at radius 3 is 2.73 bits per heavy atom. The molecule has 0 saturated heterocycles. The molecule has 3 fully saturated rings. The lowest BCUT2D eigenvalue weighted by Gasteiger charge is -2.59. The molecule has 0 unspecified atom stereocenters. The standard InChI is InChI=1S/C24H36O2/c1-6-17-8-10-20-19-9-7-18-13-15(2)11-12-23(18,4)21(19)14-22(24(17,20)5)26-16(3)25/h6-7,15,19-22H,8-14H2,1-5H3/b17-6-/t15-,19-,20-,21-,22+,23-,24+/m0/s1. The molecule has 4 aliphatic carbocycles. The van der Waals surface area contributed by atoms with Crippen LogP contribution in [0.15, 0.2) is 23.3 Å². The molecule has 0 aromatic rings. The van der Waals surface area contributed by atoms with Crippen LogP contribution in [0.3, 0.4) is 0 Å². The van der Waals surface area contributed by atoms with Crippen LogP contribution in [0.4, 0.5) is 0 Å². The van der Waals surface area contributed by atoms with Crippen LogP contribution in [0.5, 0.6) is 0 Å². The van der Waals surface area contributed by atoms with E-state index in [1.807, 2.05) is 0 Å². The van der Waals surface area contributed by atoms with Gasteiger partial charge in [0, 0.05) is 12.3 Å². The molecule has 0 N–H and O–H groups in total. The van der Waals surface area contributed by atoms with Gasteiger partial charge in [0.2, 0.25) is 0 Å². The van der Waals surface area contributed by atoms with Crippen LogP contribution < -0.4 is 0 Å². The molecule has 0 aromatic heterocycles. The fraction of sp³-hybridized carbons (Fsp3) is 0.792. The lowest BCUT2D eigenvalue weighted by atomic mass is 9.46. The van der Waals surface area contributed by atoms with Crippen molar-refractivity contribution in [3.05, 3.63) is 23.3 Å². The van der Waals surface area contributed by atoms with Crippen LogP contribution >= 0.6 is 0 Å². The third-order valence-electron chi connectivity index (χ3n) is 8.93. The molecule has 0 heterocycles. The maximum Gasteiger partial charge on any atom is 0.302 e. The number of rotatable bonds is 1. The highest BCUT2D eigenvalue weighted by Crippen LogP contribution is 2.66. The van der Waals surface area contributed by atoms with E-state index >= 15 is 0 Å². The lowest BCUT2D eigenvalue weighted by molar-refractivity contribution is -0.166. The molecule has 0 aromatic carbocycles. The molecule has 7 atom stereocenters. The monoisotopic (exact) mass is 356 g/mol. The first-order valence-corrected chi connectivity index (χ1v) is 10.8. The van der Waals surface area contributed by atoms with Gasteiger partial charge in [-0.1, -0.05) is 44.1 Å². The van der Waals surface area contributed by atoms with Crippen molar-refractivity contribution in [2.75, 3.05) is 0 Å². The Labute approximate surface area is 159 Å². The van der Waals surface area contributed by atoms with E-state index in [1.165, 1.54) is 44.1 Å². The van der Waals surface area contributed by atoms with Gasteiger partial charge >= 0.3 is 5.97 Å². The molecule has 0 amide bonds. The molecule has 2 heteroatoms. The van der Waals surface area contributed by atoms with Gasteiger partial charge in [-0.3, -0.25) is 4.79 Å². The van der Waals surface area contributed by atoms with Crippen molar-refractivity contribution in [3.63, 3.8) is 0 Å². The number of allylic oxidation sites excluding steroid dienone is 3. The van der Waals surface area contributed by atoms with Gasteiger partial charge in [-0.25, -0.2) is 0 Å². The van der Waals surface area contributed by atoms with Crippen molar-refractivity contribution in [2.24, 2.45) is 34.5 Å². The molecule has 4 aliphatic rings. The lowest BCUT2D eigenvalue weighted by Crippen LogP contribution is -2.55. The Morgan fingerprint density at radius 1 is 1.27 bits per heavy atom. The van der Waals surface area contributed by atoms with Crippen molar-refractivity contribution in [2.45, 2.75) is 85.7 Å². The van der Waals surface area contributed by atoms with E-state index < -0.39 is 0 Å². The Morgan fingerprint density at radius 2 is 2.04 bits per heavy atom. The summed E-state index contributed by atoms with van der Waals surface area (Å²) in [7, 11) is 0. The van der Waals surface area contributed by atoms with Gasteiger partial charge in [0.1, 0.15) is 6.10 Å². The fourth-order valence-corrected chi connectivity index (χ4v) is 7.48. The summed E-state index contributed by atoms with van der Waals surface area (Å²) in [6.45, 7) is 11.1. The highest BCUT2D eigenvalue weighted by molar-refractivity contribution is 5.66. The predicted octanol–water partition coefficient (Wildman–Crippen LogP) is 6.07. The summed E-state index contributed by atoms with van der Waals surface area (Å²) in [6, 6.07) is 0. The number of carbonyl (C=O) groups is 1. The Hall–Kier alpha value is -1.05. The van der Waals surface area contributed by atoms with Crippen LogP contribution in [-0.4, -0.2) is 12.1 Å². The first kappa shape index (κ1) is 18.3. The van der Waals surface area contributed by atoms with Crippen LogP contribution in [0, 0.1) is 34.5 Å². The van der Waals surface area contributed by atoms with Gasteiger partial charge < -0.3 is 4.74 Å². The van der Waals surface area contributed by atoms with E-state index in [-0.39, 0.29) is 17.5 Å². The third-order valence-corrected chi connectivity index (χ3v) is 8.93. The van der Waals surface area contributed by atoms with Gasteiger partial charge in [0.05, 0.1) is 0 Å². The second kappa shape index (κ2) is 6.24. The van der Waals surface area contributed by atoms with E-state index in [0.717, 1.165) is 18.3 Å². The number of esters is 1. The van der Waals surface area contributed by atoms with Gasteiger partial charge in [-0.2, -0.15) is 0 Å². The maximum atomic E-state index is 12.0. The second-order valence-corrected chi connectivity index (χ2v) is 10.1. The summed E-state index contributed by atoms with van der Waals surface area (Å²) in [5, 5.41) is 0. The van der Waals surface area contributed by atoms with E-state index in [2.05, 4.69) is 39.8 Å². The van der Waals surface area contributed by atoms with Crippen LogP contribution in [-0.2, 0) is 9.53 Å². The quantitative estimate of drug-likeness (QED) is 0.421. The molecule has 0 radical (unpaired) electrons. The maximum absolute atomic E-state index is 12.0. The third kappa shape index (κ3) is 2.47. The van der Waals surface area contributed by atoms with E-state index in [4.69, 9.17) is 4.74 Å². The van der Waals surface area contributed by atoms with Crippen LogP contribution in [0.25, 0.3) is 0 Å². The molecule has 3 saturated carbocycles. The Balaban J connectivity index is 1.75. The van der Waals surface area contributed by atoms with E-state index in [1.54, 1.807) is 12.5 Å². The average Bonchev–Trinajstić information content (AvgIpc) is 2.93. The van der Waals surface area contributed by atoms with Gasteiger partial charge in [-0.05, 0) is 81.0 Å². The zero-order valence-electron chi connectivity index (χ0n) is 17.3. The topological polar surface area (TPSA) is 26.3 Å². The summed E-state index contributed by atoms with van der Waals surface area (Å²) >= 11 is 0. The normalized spacial score (nSPS) is 49.0. The minimum Gasteiger partial charge on any atom is -0.462 e. The molecule has 0 spiro atoms. The SMILES string of the molecule is C/C=C1/CC[C@H]2[C@@H]3CC=C4C[C@@H](C)CC[C@]4(C)[C@H]3C[C@@H](OC(C)=O)[C@]12C. The molecular weight excluding hydrogens is 320 g/mol. The van der Waals surface area contributed by atoms with Crippen molar-refractivity contribution in [3.8, 4) is 0 Å². The number of ether oxygens (including phenoxy) is 1. The zero-order valence-corrected chi connectivity index (χ0v) is 17.3. The minimum atomic E-state index is -0.107. The number of carbonyl (C=O) groups excluding carboxylic acids is 1. The average molecular weight is 357 g/mol. The van der Waals surface area contributed by atoms with Gasteiger partial charge in [-0.15, -0.1) is 0 Å². The van der Waals surface area contributed by atoms with Gasteiger partial charge in [0.25, 0.3) is 0 Å². The summed E-state index contributed by atoms with van der Waals surface area (Å²) < 4.78 is 6.04. The van der Waals surface area contributed by atoms with Crippen LogP contribution in [0.2, 0.25) is 0 Å². The zero-order chi connectivity index (χ0) is 18.7. The summed E-state index contributed by atoms with van der Waals surface area (Å²) in [5.74, 6) is 2.81. The molecule has 144 valence electrons. The molecule has 0 aliphatic heterocycles. The summed E-state index contributed by atoms with van der Waals surface area (Å²) in [6.07, 6.45) is 13.7. The number of hydrogen-bond acceptors (Lipinski definition) is 2. The largest absolute Gasteiger partial charge is 0.462 e. The van der Waals surface area contributed by atoms with Crippen LogP contribution in [0.1, 0.15) is 79.6 Å². The van der Waals surface area contributed by atoms with Crippen molar-refractivity contribution in [1.82, 2.24) is 0 Å². The van der Waals surface area contributed by atoms with Crippen molar-refractivity contribution in [1.29, 1.82) is 0 Å². The molecule has 4 rings (SSSR count). The Kier molecular flexibility index (Phi) is 4.40. The highest BCUT2D eigenvalue weighted by Gasteiger charge is 2.61. The summed E-state index contributed by atoms with van der Waals surface area (Å²) in [4.78, 5) is 12.0. The van der Waals surface area contributed by atoms with E-state index in [9.17, 15) is 4.79 Å². The fourth-order valence-electron chi connectivity index (χ4n) is 7.48. The smallest absolute Gasteiger partial charge is 0.302 e. The first-order chi connectivity index (χ1) is 12.3. The van der Waals surface area contributed by atoms with Gasteiger partial charge in [0.15, 0.2) is 0 Å². The molecule has 26 heavy (non-hydrogen) atoms. The molecule has 0 bridgehead atoms. The number of hydrogen-bond donors (Lipinski definition) is 0. The summed E-state index contributed by atoms with van der Waals surface area (Å²) in [5.41, 5.74) is 3.62. The highest BCUT2D eigenvalue weighted by atomic mass is 16.5. The number of fused-ring (bicyclic) bond motifs is 5. The first-order valence-electron chi connectivity index (χ1n) is 10.8. The Bertz CT molecular complexity index is 659. The van der Waals surface area contributed by atoms with E-state index in [0.29, 0.717) is 17.3 Å². The van der Waals surface area contributed by atoms with Crippen molar-refractivity contribution < 1.29 is 9.53 Å². The minimum absolute atomic E-state index is 0.0469. The molecule has 2 nitrogen and oxygen atoms in total. The van der Waals surface area contributed by atoms with Crippen molar-refractivity contribution >= 4 is 5.97 Å². The second-order valence-electron chi connectivity index (χ2n) is 10.1. The predicted molar refractivity (Wildman–Crippen MR) is 106 cm³/mol.